The summed E-state index contributed by atoms with van der Waals surface area (Å²) in [5.74, 6) is 0.835. The van der Waals surface area contributed by atoms with E-state index < -0.39 is 6.04 Å². The third-order valence-corrected chi connectivity index (χ3v) is 3.08. The molecule has 0 radical (unpaired) electrons. The number of carbonyl (C=O) groups is 1. The maximum Gasteiger partial charge on any atom is 0.245 e. The molecule has 9 nitrogen and oxygen atoms in total. The van der Waals surface area contributed by atoms with Crippen LogP contribution >= 0.6 is 0 Å². The Morgan fingerprint density at radius 3 is 2.62 bits per heavy atom. The minimum absolute atomic E-state index is 0.0105. The lowest BCUT2D eigenvalue weighted by Gasteiger charge is -2.29. The SMILES string of the molecule is CC(Nc1nc(N)nc(N(C)C)n1)C(=O)N1CCOCC1. The molecule has 1 aromatic rings. The second-order valence-corrected chi connectivity index (χ2v) is 5.02. The molecular formula is C12H21N7O2. The van der Waals surface area contributed by atoms with Gasteiger partial charge in [0.2, 0.25) is 23.8 Å². The largest absolute Gasteiger partial charge is 0.378 e. The number of rotatable bonds is 4. The van der Waals surface area contributed by atoms with Crippen molar-refractivity contribution in [1.82, 2.24) is 19.9 Å². The highest BCUT2D eigenvalue weighted by molar-refractivity contribution is 5.84. The Bertz CT molecular complexity index is 502. The Kier molecular flexibility index (Phi) is 4.73. The van der Waals surface area contributed by atoms with Crippen molar-refractivity contribution in [2.45, 2.75) is 13.0 Å². The number of carbonyl (C=O) groups excluding carboxylic acids is 1. The van der Waals surface area contributed by atoms with E-state index in [1.54, 1.807) is 30.8 Å². The molecule has 2 heterocycles. The van der Waals surface area contributed by atoms with Gasteiger partial charge in [0.25, 0.3) is 0 Å². The molecule has 1 fully saturated rings. The first-order valence-corrected chi connectivity index (χ1v) is 6.79. The van der Waals surface area contributed by atoms with Crippen molar-refractivity contribution < 1.29 is 9.53 Å². The second kappa shape index (κ2) is 6.53. The van der Waals surface area contributed by atoms with Crippen LogP contribution < -0.4 is 16.0 Å². The van der Waals surface area contributed by atoms with Gasteiger partial charge in [0.05, 0.1) is 13.2 Å². The van der Waals surface area contributed by atoms with Crippen LogP contribution in [0.2, 0.25) is 0 Å². The van der Waals surface area contributed by atoms with Crippen LogP contribution in [0.4, 0.5) is 17.8 Å². The Morgan fingerprint density at radius 2 is 2.00 bits per heavy atom. The normalized spacial score (nSPS) is 16.4. The Balaban J connectivity index is 2.04. The number of morpholine rings is 1. The van der Waals surface area contributed by atoms with Gasteiger partial charge in [-0.1, -0.05) is 0 Å². The first-order chi connectivity index (χ1) is 9.97. The number of amides is 1. The highest BCUT2D eigenvalue weighted by atomic mass is 16.5. The molecule has 0 spiro atoms. The minimum atomic E-state index is -0.445. The molecule has 116 valence electrons. The van der Waals surface area contributed by atoms with Crippen LogP contribution in [-0.2, 0) is 9.53 Å². The molecule has 2 rings (SSSR count). The molecule has 1 aliphatic heterocycles. The van der Waals surface area contributed by atoms with Crippen molar-refractivity contribution in [3.05, 3.63) is 0 Å². The number of anilines is 3. The zero-order valence-electron chi connectivity index (χ0n) is 12.5. The fourth-order valence-electron chi connectivity index (χ4n) is 1.96. The van der Waals surface area contributed by atoms with Crippen molar-refractivity contribution in [2.24, 2.45) is 0 Å². The molecule has 1 unspecified atom stereocenters. The van der Waals surface area contributed by atoms with E-state index in [1.165, 1.54) is 0 Å². The first kappa shape index (κ1) is 15.2. The van der Waals surface area contributed by atoms with Crippen LogP contribution in [0.15, 0.2) is 0 Å². The van der Waals surface area contributed by atoms with Crippen LogP contribution in [0.1, 0.15) is 6.92 Å². The highest BCUT2D eigenvalue weighted by Gasteiger charge is 2.23. The molecule has 0 aliphatic carbocycles. The van der Waals surface area contributed by atoms with Crippen molar-refractivity contribution in [3.63, 3.8) is 0 Å². The van der Waals surface area contributed by atoms with E-state index in [1.807, 2.05) is 0 Å². The van der Waals surface area contributed by atoms with E-state index in [-0.39, 0.29) is 11.9 Å². The number of nitrogens with one attached hydrogen (secondary N) is 1. The van der Waals surface area contributed by atoms with Gasteiger partial charge in [-0.3, -0.25) is 4.79 Å². The molecule has 1 aliphatic rings. The highest BCUT2D eigenvalue weighted by Crippen LogP contribution is 2.11. The van der Waals surface area contributed by atoms with Gasteiger partial charge in [0.15, 0.2) is 0 Å². The minimum Gasteiger partial charge on any atom is -0.378 e. The number of nitrogen functional groups attached to an aromatic ring is 1. The van der Waals surface area contributed by atoms with Gasteiger partial charge in [0, 0.05) is 27.2 Å². The first-order valence-electron chi connectivity index (χ1n) is 6.79. The van der Waals surface area contributed by atoms with E-state index in [0.29, 0.717) is 38.2 Å². The summed E-state index contributed by atoms with van der Waals surface area (Å²) < 4.78 is 5.24. The molecule has 21 heavy (non-hydrogen) atoms. The van der Waals surface area contributed by atoms with Crippen LogP contribution in [0.25, 0.3) is 0 Å². The van der Waals surface area contributed by atoms with Crippen molar-refractivity contribution in [2.75, 3.05) is 56.3 Å². The molecule has 1 aromatic heterocycles. The van der Waals surface area contributed by atoms with Crippen molar-refractivity contribution in [1.29, 1.82) is 0 Å². The standard InChI is InChI=1S/C12H21N7O2/c1-8(9(20)19-4-6-21-7-5-19)14-11-15-10(13)16-12(17-11)18(2)3/h8H,4-7H2,1-3H3,(H3,13,14,15,16,17). The summed E-state index contributed by atoms with van der Waals surface area (Å²) in [6.45, 7) is 4.12. The third kappa shape index (κ3) is 3.91. The van der Waals surface area contributed by atoms with Gasteiger partial charge in [0.1, 0.15) is 6.04 Å². The van der Waals surface area contributed by atoms with Crippen LogP contribution in [-0.4, -0.2) is 72.2 Å². The summed E-state index contributed by atoms with van der Waals surface area (Å²) in [7, 11) is 3.61. The molecular weight excluding hydrogens is 274 g/mol. The zero-order valence-corrected chi connectivity index (χ0v) is 12.5. The van der Waals surface area contributed by atoms with Gasteiger partial charge in [-0.25, -0.2) is 0 Å². The van der Waals surface area contributed by atoms with Gasteiger partial charge < -0.3 is 25.6 Å². The van der Waals surface area contributed by atoms with Gasteiger partial charge in [-0.2, -0.15) is 15.0 Å². The number of hydrogen-bond donors (Lipinski definition) is 2. The molecule has 0 saturated carbocycles. The average Bonchev–Trinajstić information content (AvgIpc) is 2.46. The van der Waals surface area contributed by atoms with E-state index in [0.717, 1.165) is 0 Å². The van der Waals surface area contributed by atoms with Gasteiger partial charge >= 0.3 is 0 Å². The Labute approximate surface area is 123 Å². The predicted molar refractivity (Wildman–Crippen MR) is 79.1 cm³/mol. The summed E-state index contributed by atoms with van der Waals surface area (Å²) in [5.41, 5.74) is 5.65. The molecule has 1 atom stereocenters. The lowest BCUT2D eigenvalue weighted by molar-refractivity contribution is -0.135. The lowest BCUT2D eigenvalue weighted by atomic mass is 10.2. The predicted octanol–water partition coefficient (Wildman–Crippen LogP) is -0.821. The Morgan fingerprint density at radius 1 is 1.33 bits per heavy atom. The molecule has 0 bridgehead atoms. The number of ether oxygens (including phenoxy) is 1. The zero-order chi connectivity index (χ0) is 15.4. The summed E-state index contributed by atoms with van der Waals surface area (Å²) in [4.78, 5) is 28.0. The maximum atomic E-state index is 12.3. The van der Waals surface area contributed by atoms with Crippen molar-refractivity contribution >= 4 is 23.8 Å². The molecule has 1 saturated heterocycles. The number of hydrogen-bond acceptors (Lipinski definition) is 8. The number of aromatic nitrogens is 3. The summed E-state index contributed by atoms with van der Waals surface area (Å²) in [6, 6.07) is -0.445. The summed E-state index contributed by atoms with van der Waals surface area (Å²) >= 11 is 0. The fourth-order valence-corrected chi connectivity index (χ4v) is 1.96. The van der Waals surface area contributed by atoms with Gasteiger partial charge in [-0.05, 0) is 6.92 Å². The van der Waals surface area contributed by atoms with Gasteiger partial charge in [-0.15, -0.1) is 0 Å². The molecule has 1 amide bonds. The third-order valence-electron chi connectivity index (χ3n) is 3.08. The number of nitrogens with two attached hydrogens (primary N) is 1. The number of nitrogens with zero attached hydrogens (tertiary/aromatic N) is 5. The molecule has 3 N–H and O–H groups in total. The fraction of sp³-hybridized carbons (Fsp3) is 0.667. The van der Waals surface area contributed by atoms with Crippen LogP contribution in [0, 0.1) is 0 Å². The Hall–Kier alpha value is -2.16. The van der Waals surface area contributed by atoms with Crippen LogP contribution in [0.3, 0.4) is 0 Å². The average molecular weight is 295 g/mol. The van der Waals surface area contributed by atoms with E-state index in [2.05, 4.69) is 20.3 Å². The molecule has 9 heteroatoms. The van der Waals surface area contributed by atoms with E-state index >= 15 is 0 Å². The van der Waals surface area contributed by atoms with Crippen LogP contribution in [0.5, 0.6) is 0 Å². The molecule has 0 aromatic carbocycles. The maximum absolute atomic E-state index is 12.3. The quantitative estimate of drug-likeness (QED) is 0.741. The smallest absolute Gasteiger partial charge is 0.245 e. The lowest BCUT2D eigenvalue weighted by Crippen LogP contribution is -2.47. The van der Waals surface area contributed by atoms with E-state index in [9.17, 15) is 4.79 Å². The monoisotopic (exact) mass is 295 g/mol. The second-order valence-electron chi connectivity index (χ2n) is 5.02. The van der Waals surface area contributed by atoms with Crippen molar-refractivity contribution in [3.8, 4) is 0 Å². The summed E-state index contributed by atoms with van der Waals surface area (Å²) in [5, 5.41) is 2.97. The topological polar surface area (TPSA) is 110 Å². The van der Waals surface area contributed by atoms with E-state index in [4.69, 9.17) is 10.5 Å². The summed E-state index contributed by atoms with van der Waals surface area (Å²) in [6.07, 6.45) is 0.